The Morgan fingerprint density at radius 1 is 1.23 bits per heavy atom. The topological polar surface area (TPSA) is 50.5 Å². The van der Waals surface area contributed by atoms with Gasteiger partial charge < -0.3 is 10.0 Å². The van der Waals surface area contributed by atoms with E-state index in [9.17, 15) is 5.11 Å². The van der Waals surface area contributed by atoms with Gasteiger partial charge in [-0.2, -0.15) is 5.26 Å². The monoisotopic (exact) mass is 349 g/mol. The van der Waals surface area contributed by atoms with Crippen molar-refractivity contribution in [1.29, 1.82) is 5.26 Å². The van der Waals surface area contributed by atoms with E-state index < -0.39 is 0 Å². The molecule has 0 unspecified atom stereocenters. The first-order valence-electron chi connectivity index (χ1n) is 9.16. The Bertz CT molecular complexity index is 770. The van der Waals surface area contributed by atoms with E-state index in [1.807, 2.05) is 43.4 Å². The van der Waals surface area contributed by atoms with Crippen molar-refractivity contribution >= 4 is 5.69 Å². The van der Waals surface area contributed by atoms with Crippen LogP contribution in [0.25, 0.3) is 0 Å². The van der Waals surface area contributed by atoms with Crippen LogP contribution in [0.3, 0.4) is 0 Å². The molecule has 0 radical (unpaired) electrons. The Morgan fingerprint density at radius 3 is 2.73 bits per heavy atom. The number of anilines is 1. The van der Waals surface area contributed by atoms with E-state index >= 15 is 0 Å². The van der Waals surface area contributed by atoms with Crippen molar-refractivity contribution in [3.63, 3.8) is 0 Å². The molecule has 0 spiro atoms. The lowest BCUT2D eigenvalue weighted by Gasteiger charge is -2.34. The lowest BCUT2D eigenvalue weighted by Crippen LogP contribution is -2.42. The average molecular weight is 349 g/mol. The number of likely N-dealkylation sites (tertiary alicyclic amines) is 1. The zero-order valence-corrected chi connectivity index (χ0v) is 15.6. The molecule has 0 amide bonds. The summed E-state index contributed by atoms with van der Waals surface area (Å²) in [4.78, 5) is 4.50. The van der Waals surface area contributed by atoms with Gasteiger partial charge in [0.05, 0.1) is 17.7 Å². The first-order chi connectivity index (χ1) is 12.5. The van der Waals surface area contributed by atoms with Crippen LogP contribution < -0.4 is 4.90 Å². The van der Waals surface area contributed by atoms with Gasteiger partial charge in [0.15, 0.2) is 0 Å². The number of hydrogen-bond donors (Lipinski definition) is 1. The van der Waals surface area contributed by atoms with Crippen LogP contribution in [0.15, 0.2) is 54.6 Å². The number of benzene rings is 2. The number of nitrogens with zero attached hydrogens (tertiary/aromatic N) is 3. The second-order valence-electron chi connectivity index (χ2n) is 7.66. The summed E-state index contributed by atoms with van der Waals surface area (Å²) in [6.45, 7) is 5.47. The molecule has 2 aromatic rings. The molecule has 26 heavy (non-hydrogen) atoms. The van der Waals surface area contributed by atoms with Crippen LogP contribution in [-0.4, -0.2) is 42.8 Å². The van der Waals surface area contributed by atoms with Gasteiger partial charge in [0.2, 0.25) is 0 Å². The molecule has 2 atom stereocenters. The maximum absolute atomic E-state index is 10.9. The fraction of sp³-hybridized carbons (Fsp3) is 0.409. The largest absolute Gasteiger partial charge is 0.391 e. The summed E-state index contributed by atoms with van der Waals surface area (Å²) in [6, 6.07) is 20.2. The van der Waals surface area contributed by atoms with E-state index in [-0.39, 0.29) is 11.5 Å². The van der Waals surface area contributed by atoms with Crippen molar-refractivity contribution < 1.29 is 5.11 Å². The molecule has 1 aliphatic heterocycles. The minimum atomic E-state index is -0.386. The smallest absolute Gasteiger partial charge is 0.0991 e. The maximum atomic E-state index is 10.9. The Labute approximate surface area is 156 Å². The number of aliphatic hydroxyl groups excluding tert-OH is 1. The molecule has 136 valence electrons. The summed E-state index contributed by atoms with van der Waals surface area (Å²) >= 11 is 0. The molecule has 1 aliphatic rings. The molecule has 1 heterocycles. The third-order valence-corrected chi connectivity index (χ3v) is 5.49. The van der Waals surface area contributed by atoms with Crippen LogP contribution in [0, 0.1) is 16.7 Å². The second kappa shape index (κ2) is 7.90. The SMILES string of the molecule is CN(C[C@H](O)[C@@]1(C)CCN(Cc2cccc(C#N)c2)C1)c1ccccc1. The van der Waals surface area contributed by atoms with Crippen LogP contribution in [0.2, 0.25) is 0 Å². The molecule has 0 aliphatic carbocycles. The number of rotatable bonds is 6. The van der Waals surface area contributed by atoms with E-state index in [1.54, 1.807) is 0 Å². The molecule has 1 saturated heterocycles. The Hall–Kier alpha value is -2.35. The zero-order chi connectivity index (χ0) is 18.6. The summed E-state index contributed by atoms with van der Waals surface area (Å²) in [5.74, 6) is 0. The van der Waals surface area contributed by atoms with Gasteiger partial charge >= 0.3 is 0 Å². The summed E-state index contributed by atoms with van der Waals surface area (Å²) < 4.78 is 0. The summed E-state index contributed by atoms with van der Waals surface area (Å²) in [7, 11) is 2.03. The van der Waals surface area contributed by atoms with Crippen molar-refractivity contribution in [2.45, 2.75) is 26.0 Å². The van der Waals surface area contributed by atoms with E-state index in [0.717, 1.165) is 37.3 Å². The highest BCUT2D eigenvalue weighted by Crippen LogP contribution is 2.35. The lowest BCUT2D eigenvalue weighted by atomic mass is 9.83. The molecule has 1 fully saturated rings. The van der Waals surface area contributed by atoms with Crippen LogP contribution in [0.5, 0.6) is 0 Å². The maximum Gasteiger partial charge on any atom is 0.0991 e. The van der Waals surface area contributed by atoms with Gasteiger partial charge in [-0.3, -0.25) is 4.90 Å². The number of para-hydroxylation sites is 1. The summed E-state index contributed by atoms with van der Waals surface area (Å²) in [5, 5.41) is 19.9. The normalized spacial score (nSPS) is 21.3. The highest BCUT2D eigenvalue weighted by atomic mass is 16.3. The number of aliphatic hydroxyl groups is 1. The van der Waals surface area contributed by atoms with Crippen LogP contribution in [-0.2, 0) is 6.54 Å². The fourth-order valence-electron chi connectivity index (χ4n) is 3.75. The van der Waals surface area contributed by atoms with Gasteiger partial charge in [-0.25, -0.2) is 0 Å². The van der Waals surface area contributed by atoms with Crippen molar-refractivity contribution in [3.8, 4) is 6.07 Å². The minimum absolute atomic E-state index is 0.115. The van der Waals surface area contributed by atoms with Gasteiger partial charge in [0, 0.05) is 37.8 Å². The van der Waals surface area contributed by atoms with Crippen molar-refractivity contribution in [2.24, 2.45) is 5.41 Å². The van der Waals surface area contributed by atoms with E-state index in [4.69, 9.17) is 5.26 Å². The van der Waals surface area contributed by atoms with Gasteiger partial charge in [0.25, 0.3) is 0 Å². The Balaban J connectivity index is 1.59. The van der Waals surface area contributed by atoms with Gasteiger partial charge in [-0.05, 0) is 42.8 Å². The quantitative estimate of drug-likeness (QED) is 0.870. The molecule has 2 aromatic carbocycles. The van der Waals surface area contributed by atoms with Crippen molar-refractivity contribution in [1.82, 2.24) is 4.90 Å². The Kier molecular flexibility index (Phi) is 5.61. The standard InChI is InChI=1S/C22H27N3O/c1-22(21(26)16-24(2)20-9-4-3-5-10-20)11-12-25(17-22)15-19-8-6-7-18(13-19)14-23/h3-10,13,21,26H,11-12,15-17H2,1-2H3/t21-,22-/m0/s1. The van der Waals surface area contributed by atoms with E-state index in [2.05, 4.69) is 41.0 Å². The predicted octanol–water partition coefficient (Wildman–Crippen LogP) is 3.27. The first kappa shape index (κ1) is 18.4. The first-order valence-corrected chi connectivity index (χ1v) is 9.16. The van der Waals surface area contributed by atoms with Crippen molar-refractivity contribution in [3.05, 3.63) is 65.7 Å². The lowest BCUT2D eigenvalue weighted by molar-refractivity contribution is 0.0488. The van der Waals surface area contributed by atoms with Gasteiger partial charge in [-0.1, -0.05) is 37.3 Å². The molecule has 0 aromatic heterocycles. The molecule has 1 N–H and O–H groups in total. The minimum Gasteiger partial charge on any atom is -0.391 e. The van der Waals surface area contributed by atoms with Crippen LogP contribution in [0.1, 0.15) is 24.5 Å². The highest BCUT2D eigenvalue weighted by Gasteiger charge is 2.40. The number of likely N-dealkylation sites (N-methyl/N-ethyl adjacent to an activating group) is 1. The molecule has 4 nitrogen and oxygen atoms in total. The van der Waals surface area contributed by atoms with E-state index in [0.29, 0.717) is 12.1 Å². The van der Waals surface area contributed by atoms with Gasteiger partial charge in [0.1, 0.15) is 0 Å². The predicted molar refractivity (Wildman–Crippen MR) is 105 cm³/mol. The Morgan fingerprint density at radius 2 is 2.00 bits per heavy atom. The fourth-order valence-corrected chi connectivity index (χ4v) is 3.75. The van der Waals surface area contributed by atoms with Crippen LogP contribution >= 0.6 is 0 Å². The van der Waals surface area contributed by atoms with Crippen LogP contribution in [0.4, 0.5) is 5.69 Å². The molecule has 0 saturated carbocycles. The number of nitriles is 1. The molecule has 0 bridgehead atoms. The summed E-state index contributed by atoms with van der Waals surface area (Å²) in [5.41, 5.74) is 2.87. The second-order valence-corrected chi connectivity index (χ2v) is 7.66. The average Bonchev–Trinajstić information content (AvgIpc) is 3.04. The zero-order valence-electron chi connectivity index (χ0n) is 15.6. The molecular formula is C22H27N3O. The third kappa shape index (κ3) is 4.24. The highest BCUT2D eigenvalue weighted by molar-refractivity contribution is 5.45. The molecular weight excluding hydrogens is 322 g/mol. The summed E-state index contributed by atoms with van der Waals surface area (Å²) in [6.07, 6.45) is 0.595. The van der Waals surface area contributed by atoms with Crippen molar-refractivity contribution in [2.75, 3.05) is 31.6 Å². The number of hydrogen-bond acceptors (Lipinski definition) is 4. The van der Waals surface area contributed by atoms with E-state index in [1.165, 1.54) is 0 Å². The molecule has 3 rings (SSSR count). The van der Waals surface area contributed by atoms with Gasteiger partial charge in [-0.15, -0.1) is 0 Å². The molecule has 4 heteroatoms. The third-order valence-electron chi connectivity index (χ3n) is 5.49.